The van der Waals surface area contributed by atoms with E-state index in [1.807, 2.05) is 11.8 Å². The van der Waals surface area contributed by atoms with Gasteiger partial charge in [-0.1, -0.05) is 0 Å². The van der Waals surface area contributed by atoms with Crippen LogP contribution < -0.4 is 10.6 Å². The number of fused-ring (bicyclic) bond motifs is 1. The SMILES string of the molecule is CC(N)Cc1c(N2CCSCC2C)nc2sccn12. The van der Waals surface area contributed by atoms with Gasteiger partial charge in [0.25, 0.3) is 0 Å². The summed E-state index contributed by atoms with van der Waals surface area (Å²) in [5, 5.41) is 2.09. The summed E-state index contributed by atoms with van der Waals surface area (Å²) in [5.41, 5.74) is 7.28. The molecule has 6 heteroatoms. The van der Waals surface area contributed by atoms with Crippen LogP contribution in [0.1, 0.15) is 19.5 Å². The zero-order chi connectivity index (χ0) is 13.4. The summed E-state index contributed by atoms with van der Waals surface area (Å²) in [6.45, 7) is 5.43. The Morgan fingerprint density at radius 2 is 2.42 bits per heavy atom. The third-order valence-electron chi connectivity index (χ3n) is 3.49. The van der Waals surface area contributed by atoms with Gasteiger partial charge in [-0.2, -0.15) is 11.8 Å². The van der Waals surface area contributed by atoms with Crippen LogP contribution in [0.4, 0.5) is 5.82 Å². The fourth-order valence-corrected chi connectivity index (χ4v) is 4.33. The number of anilines is 1. The van der Waals surface area contributed by atoms with Gasteiger partial charge in [0.1, 0.15) is 0 Å². The molecule has 0 saturated carbocycles. The Kier molecular flexibility index (Phi) is 3.73. The topological polar surface area (TPSA) is 46.6 Å². The van der Waals surface area contributed by atoms with Crippen molar-refractivity contribution in [2.24, 2.45) is 5.73 Å². The smallest absolute Gasteiger partial charge is 0.195 e. The molecule has 1 aliphatic rings. The first-order chi connectivity index (χ1) is 9.16. The van der Waals surface area contributed by atoms with Gasteiger partial charge in [0.05, 0.1) is 5.69 Å². The molecule has 2 atom stereocenters. The molecule has 0 amide bonds. The van der Waals surface area contributed by atoms with E-state index in [0.717, 1.165) is 23.7 Å². The van der Waals surface area contributed by atoms with Crippen LogP contribution in [0, 0.1) is 0 Å². The lowest BCUT2D eigenvalue weighted by Crippen LogP contribution is -2.41. The van der Waals surface area contributed by atoms with Gasteiger partial charge in [-0.3, -0.25) is 4.40 Å². The third-order valence-corrected chi connectivity index (χ3v) is 5.44. The number of thioether (sulfide) groups is 1. The monoisotopic (exact) mass is 296 g/mol. The number of nitrogens with zero attached hydrogens (tertiary/aromatic N) is 3. The molecule has 2 unspecified atom stereocenters. The fourth-order valence-electron chi connectivity index (χ4n) is 2.59. The van der Waals surface area contributed by atoms with Crippen LogP contribution >= 0.6 is 23.1 Å². The van der Waals surface area contributed by atoms with Crippen LogP contribution in [-0.4, -0.2) is 39.5 Å². The minimum absolute atomic E-state index is 0.160. The van der Waals surface area contributed by atoms with Crippen LogP contribution in [-0.2, 0) is 6.42 Å². The number of hydrogen-bond acceptors (Lipinski definition) is 5. The molecule has 1 fully saturated rings. The second-order valence-corrected chi connectivity index (χ2v) is 7.26. The first-order valence-electron chi connectivity index (χ1n) is 6.71. The largest absolute Gasteiger partial charge is 0.351 e. The highest BCUT2D eigenvalue weighted by Crippen LogP contribution is 2.29. The first-order valence-corrected chi connectivity index (χ1v) is 8.74. The van der Waals surface area contributed by atoms with Crippen molar-refractivity contribution in [2.75, 3.05) is 23.0 Å². The molecule has 0 aromatic carbocycles. The average Bonchev–Trinajstić information content (AvgIpc) is 2.92. The zero-order valence-corrected chi connectivity index (χ0v) is 13.0. The maximum atomic E-state index is 6.02. The normalized spacial score (nSPS) is 22.1. The molecular weight excluding hydrogens is 276 g/mol. The van der Waals surface area contributed by atoms with Gasteiger partial charge in [-0.15, -0.1) is 11.3 Å². The second kappa shape index (κ2) is 5.34. The Hall–Kier alpha value is -0.720. The van der Waals surface area contributed by atoms with E-state index >= 15 is 0 Å². The lowest BCUT2D eigenvalue weighted by atomic mass is 10.1. The van der Waals surface area contributed by atoms with Crippen LogP contribution in [0.15, 0.2) is 11.6 Å². The molecule has 0 aliphatic carbocycles. The quantitative estimate of drug-likeness (QED) is 0.943. The van der Waals surface area contributed by atoms with Crippen molar-refractivity contribution in [1.29, 1.82) is 0 Å². The molecule has 1 aliphatic heterocycles. The highest BCUT2D eigenvalue weighted by atomic mass is 32.2. The Bertz CT molecular complexity index is 560. The molecule has 2 aromatic heterocycles. The molecule has 0 bridgehead atoms. The Morgan fingerprint density at radius 1 is 1.58 bits per heavy atom. The average molecular weight is 296 g/mol. The van der Waals surface area contributed by atoms with Crippen molar-refractivity contribution in [3.63, 3.8) is 0 Å². The third kappa shape index (κ3) is 2.49. The highest BCUT2D eigenvalue weighted by molar-refractivity contribution is 7.99. The summed E-state index contributed by atoms with van der Waals surface area (Å²) < 4.78 is 2.21. The van der Waals surface area contributed by atoms with E-state index < -0.39 is 0 Å². The van der Waals surface area contributed by atoms with Crippen LogP contribution in [0.2, 0.25) is 0 Å². The number of hydrogen-bond donors (Lipinski definition) is 1. The molecule has 19 heavy (non-hydrogen) atoms. The Labute approximate surface area is 122 Å². The second-order valence-electron chi connectivity index (χ2n) is 5.24. The van der Waals surface area contributed by atoms with Gasteiger partial charge in [-0.05, 0) is 13.8 Å². The maximum Gasteiger partial charge on any atom is 0.195 e. The molecule has 104 valence electrons. The van der Waals surface area contributed by atoms with Gasteiger partial charge in [-0.25, -0.2) is 4.98 Å². The predicted molar refractivity (Wildman–Crippen MR) is 84.6 cm³/mol. The first kappa shape index (κ1) is 13.3. The van der Waals surface area contributed by atoms with Crippen molar-refractivity contribution in [3.05, 3.63) is 17.3 Å². The molecule has 3 rings (SSSR count). The summed E-state index contributed by atoms with van der Waals surface area (Å²) in [6.07, 6.45) is 2.99. The minimum Gasteiger partial charge on any atom is -0.351 e. The molecule has 0 spiro atoms. The van der Waals surface area contributed by atoms with E-state index in [-0.39, 0.29) is 6.04 Å². The molecular formula is C13H20N4S2. The molecule has 1 saturated heterocycles. The minimum atomic E-state index is 0.160. The van der Waals surface area contributed by atoms with Crippen LogP contribution in [0.3, 0.4) is 0 Å². The molecule has 0 radical (unpaired) electrons. The summed E-state index contributed by atoms with van der Waals surface area (Å²) in [7, 11) is 0. The van der Waals surface area contributed by atoms with Crippen molar-refractivity contribution < 1.29 is 0 Å². The van der Waals surface area contributed by atoms with Gasteiger partial charge < -0.3 is 10.6 Å². The van der Waals surface area contributed by atoms with E-state index in [0.29, 0.717) is 6.04 Å². The van der Waals surface area contributed by atoms with E-state index in [9.17, 15) is 0 Å². The standard InChI is InChI=1S/C13H20N4S2/c1-9(14)7-11-12(15-13-17(11)4-6-19-13)16-3-5-18-8-10(16)2/h4,6,9-10H,3,5,7-8,14H2,1-2H3. The Balaban J connectivity index is 2.03. The van der Waals surface area contributed by atoms with Crippen molar-refractivity contribution >= 4 is 33.9 Å². The van der Waals surface area contributed by atoms with E-state index in [2.05, 4.69) is 34.7 Å². The highest BCUT2D eigenvalue weighted by Gasteiger charge is 2.25. The van der Waals surface area contributed by atoms with Crippen LogP contribution in [0.5, 0.6) is 0 Å². The summed E-state index contributed by atoms with van der Waals surface area (Å²) >= 11 is 3.73. The molecule has 2 aromatic rings. The summed E-state index contributed by atoms with van der Waals surface area (Å²) in [4.78, 5) is 8.37. The molecule has 4 nitrogen and oxygen atoms in total. The van der Waals surface area contributed by atoms with E-state index in [1.165, 1.54) is 17.2 Å². The summed E-state index contributed by atoms with van der Waals surface area (Å²) in [6, 6.07) is 0.711. The van der Waals surface area contributed by atoms with E-state index in [1.54, 1.807) is 11.3 Å². The van der Waals surface area contributed by atoms with Crippen molar-refractivity contribution in [1.82, 2.24) is 9.38 Å². The predicted octanol–water partition coefficient (Wildman–Crippen LogP) is 2.23. The maximum absolute atomic E-state index is 6.02. The van der Waals surface area contributed by atoms with Gasteiger partial charge in [0.2, 0.25) is 0 Å². The van der Waals surface area contributed by atoms with E-state index in [4.69, 9.17) is 10.7 Å². The number of imidazole rings is 1. The number of thiazole rings is 1. The fraction of sp³-hybridized carbons (Fsp3) is 0.615. The van der Waals surface area contributed by atoms with Gasteiger partial charge in [0, 0.05) is 48.1 Å². The lowest BCUT2D eigenvalue weighted by Gasteiger charge is -2.34. The lowest BCUT2D eigenvalue weighted by molar-refractivity contribution is 0.671. The van der Waals surface area contributed by atoms with Crippen molar-refractivity contribution in [3.8, 4) is 0 Å². The molecule has 3 heterocycles. The van der Waals surface area contributed by atoms with Gasteiger partial charge in [0.15, 0.2) is 10.8 Å². The number of aromatic nitrogens is 2. The molecule has 2 N–H and O–H groups in total. The van der Waals surface area contributed by atoms with Gasteiger partial charge >= 0.3 is 0 Å². The summed E-state index contributed by atoms with van der Waals surface area (Å²) in [5.74, 6) is 3.52. The van der Waals surface area contributed by atoms with Crippen LogP contribution in [0.25, 0.3) is 4.96 Å². The van der Waals surface area contributed by atoms with Crippen molar-refractivity contribution in [2.45, 2.75) is 32.4 Å². The number of rotatable bonds is 3. The zero-order valence-electron chi connectivity index (χ0n) is 11.4. The Morgan fingerprint density at radius 3 is 3.16 bits per heavy atom. The number of nitrogens with two attached hydrogens (primary N) is 1.